The van der Waals surface area contributed by atoms with Crippen molar-refractivity contribution in [3.8, 4) is 0 Å². The molecule has 2 atom stereocenters. The van der Waals surface area contributed by atoms with E-state index in [1.807, 2.05) is 0 Å². The minimum atomic E-state index is -0.303. The molecule has 58 valence electrons. The summed E-state index contributed by atoms with van der Waals surface area (Å²) in [5.41, 5.74) is 7.96. The van der Waals surface area contributed by atoms with E-state index in [-0.39, 0.29) is 24.0 Å². The van der Waals surface area contributed by atoms with Gasteiger partial charge < -0.3 is 5.73 Å². The van der Waals surface area contributed by atoms with Crippen molar-refractivity contribution in [2.24, 2.45) is 21.7 Å². The van der Waals surface area contributed by atoms with Crippen LogP contribution in [0.3, 0.4) is 0 Å². The second kappa shape index (κ2) is 1.94. The number of hydrazone groups is 1. The Morgan fingerprint density at radius 2 is 2.45 bits per heavy atom. The number of nitrogens with two attached hydrogens (primary N) is 1. The molecule has 0 bridgehead atoms. The molecule has 0 spiro atoms. The number of fused-ring (bicyclic) bond motifs is 1. The summed E-state index contributed by atoms with van der Waals surface area (Å²) in [6.07, 6.45) is 1.22. The van der Waals surface area contributed by atoms with E-state index >= 15 is 0 Å². The summed E-state index contributed by atoms with van der Waals surface area (Å²) in [7, 11) is 0. The van der Waals surface area contributed by atoms with E-state index < -0.39 is 0 Å². The van der Waals surface area contributed by atoms with Crippen LogP contribution >= 0.6 is 0 Å². The first-order valence-corrected chi connectivity index (χ1v) is 3.20. The first-order chi connectivity index (χ1) is 5.27. The quantitative estimate of drug-likeness (QED) is 0.374. The van der Waals surface area contributed by atoms with E-state index in [9.17, 15) is 4.79 Å². The molecule has 11 heavy (non-hydrogen) atoms. The molecule has 2 aliphatic rings. The molecule has 1 amide bonds. The Balaban J connectivity index is 2.30. The van der Waals surface area contributed by atoms with E-state index in [1.54, 1.807) is 0 Å². The first-order valence-electron chi connectivity index (χ1n) is 3.20. The molecule has 0 aromatic heterocycles. The van der Waals surface area contributed by atoms with Gasteiger partial charge in [-0.15, -0.1) is 0 Å². The van der Waals surface area contributed by atoms with Gasteiger partial charge in [-0.05, 0) is 0 Å². The van der Waals surface area contributed by atoms with Gasteiger partial charge in [0.25, 0.3) is 0 Å². The fraction of sp³-hybridized carbons (Fsp3) is 0.400. The Morgan fingerprint density at radius 1 is 1.64 bits per heavy atom. The smallest absolute Gasteiger partial charge is 0.239 e. The van der Waals surface area contributed by atoms with Crippen LogP contribution in [0.2, 0.25) is 0 Å². The molecular formula is C5H7N5O. The van der Waals surface area contributed by atoms with Crippen LogP contribution in [0.5, 0.6) is 0 Å². The van der Waals surface area contributed by atoms with Gasteiger partial charge in [-0.2, -0.15) is 5.10 Å². The zero-order valence-corrected chi connectivity index (χ0v) is 5.61. The molecule has 6 heteroatoms. The molecule has 2 aliphatic heterocycles. The van der Waals surface area contributed by atoms with Crippen molar-refractivity contribution in [3.05, 3.63) is 0 Å². The average Bonchev–Trinajstić information content (AvgIpc) is 2.34. The number of nitrogens with zero attached hydrogens (tertiary/aromatic N) is 2. The van der Waals surface area contributed by atoms with Gasteiger partial charge in [0, 0.05) is 6.21 Å². The van der Waals surface area contributed by atoms with E-state index in [2.05, 4.69) is 20.8 Å². The second-order valence-electron chi connectivity index (χ2n) is 2.38. The van der Waals surface area contributed by atoms with E-state index in [4.69, 9.17) is 5.73 Å². The third-order valence-corrected chi connectivity index (χ3v) is 1.61. The SMILES string of the molecule is NC1=N[C@@H]2NN=C[C@@H]2C(=O)N1. The van der Waals surface area contributed by atoms with Gasteiger partial charge in [-0.25, -0.2) is 4.99 Å². The van der Waals surface area contributed by atoms with Crippen molar-refractivity contribution < 1.29 is 4.79 Å². The zero-order chi connectivity index (χ0) is 7.84. The van der Waals surface area contributed by atoms with Crippen LogP contribution in [0.4, 0.5) is 0 Å². The molecule has 0 unspecified atom stereocenters. The van der Waals surface area contributed by atoms with Crippen molar-refractivity contribution in [2.45, 2.75) is 6.17 Å². The molecule has 0 saturated carbocycles. The lowest BCUT2D eigenvalue weighted by atomic mass is 10.1. The summed E-state index contributed by atoms with van der Waals surface area (Å²) in [5.74, 6) is -0.312. The van der Waals surface area contributed by atoms with Gasteiger partial charge in [-0.1, -0.05) is 0 Å². The van der Waals surface area contributed by atoms with E-state index in [0.29, 0.717) is 0 Å². The van der Waals surface area contributed by atoms with Crippen molar-refractivity contribution >= 4 is 18.1 Å². The van der Waals surface area contributed by atoms with Crippen LogP contribution < -0.4 is 16.5 Å². The minimum Gasteiger partial charge on any atom is -0.370 e. The number of rotatable bonds is 0. The molecule has 0 aromatic carbocycles. The van der Waals surface area contributed by atoms with Gasteiger partial charge >= 0.3 is 0 Å². The van der Waals surface area contributed by atoms with Crippen molar-refractivity contribution in [1.82, 2.24) is 10.7 Å². The number of amides is 1. The van der Waals surface area contributed by atoms with E-state index in [1.165, 1.54) is 6.21 Å². The summed E-state index contributed by atoms with van der Waals surface area (Å²) in [6, 6.07) is 0. The Bertz CT molecular complexity index is 258. The van der Waals surface area contributed by atoms with Crippen molar-refractivity contribution in [1.29, 1.82) is 0 Å². The second-order valence-corrected chi connectivity index (χ2v) is 2.38. The van der Waals surface area contributed by atoms with Crippen LogP contribution in [-0.4, -0.2) is 24.2 Å². The summed E-state index contributed by atoms with van der Waals surface area (Å²) in [6.45, 7) is 0. The van der Waals surface area contributed by atoms with Crippen LogP contribution in [-0.2, 0) is 4.79 Å². The Morgan fingerprint density at radius 3 is 3.27 bits per heavy atom. The van der Waals surface area contributed by atoms with Crippen LogP contribution in [0.1, 0.15) is 0 Å². The molecule has 0 aromatic rings. The maximum atomic E-state index is 11.1. The highest BCUT2D eigenvalue weighted by Crippen LogP contribution is 2.11. The summed E-state index contributed by atoms with van der Waals surface area (Å²) in [5, 5.41) is 6.12. The molecule has 6 nitrogen and oxygen atoms in total. The molecule has 0 radical (unpaired) electrons. The fourth-order valence-electron chi connectivity index (χ4n) is 1.07. The van der Waals surface area contributed by atoms with Gasteiger partial charge in [-0.3, -0.25) is 15.5 Å². The third-order valence-electron chi connectivity index (χ3n) is 1.61. The molecule has 2 rings (SSSR count). The standard InChI is InChI=1S/C5H7N5O/c6-5-8-3-2(1-7-10-3)4(11)9-5/h1-3,10H,(H3,6,8,9,11)/t2-,3+/m0/s1. The molecule has 4 N–H and O–H groups in total. The number of hydrogen-bond donors (Lipinski definition) is 3. The summed E-state index contributed by atoms with van der Waals surface area (Å²) in [4.78, 5) is 15.0. The lowest BCUT2D eigenvalue weighted by Crippen LogP contribution is -2.50. The Hall–Kier alpha value is -1.59. The van der Waals surface area contributed by atoms with Crippen molar-refractivity contribution in [3.63, 3.8) is 0 Å². The lowest BCUT2D eigenvalue weighted by Gasteiger charge is -2.19. The highest BCUT2D eigenvalue weighted by atomic mass is 16.2. The first kappa shape index (κ1) is 6.14. The number of guanidine groups is 1. The average molecular weight is 153 g/mol. The topological polar surface area (TPSA) is 91.9 Å². The van der Waals surface area contributed by atoms with Crippen LogP contribution in [0, 0.1) is 5.92 Å². The normalized spacial score (nSPS) is 33.8. The Labute approximate surface area is 62.5 Å². The molecule has 0 aliphatic carbocycles. The third kappa shape index (κ3) is 0.830. The van der Waals surface area contributed by atoms with Gasteiger partial charge in [0.1, 0.15) is 5.92 Å². The van der Waals surface area contributed by atoms with Gasteiger partial charge in [0.15, 0.2) is 12.1 Å². The number of nitrogens with one attached hydrogen (secondary N) is 2. The van der Waals surface area contributed by atoms with Gasteiger partial charge in [0.2, 0.25) is 5.91 Å². The fourth-order valence-corrected chi connectivity index (χ4v) is 1.07. The maximum Gasteiger partial charge on any atom is 0.239 e. The number of carbonyl (C=O) groups is 1. The van der Waals surface area contributed by atoms with Crippen LogP contribution in [0.15, 0.2) is 10.1 Å². The highest BCUT2D eigenvalue weighted by Gasteiger charge is 2.34. The van der Waals surface area contributed by atoms with E-state index in [0.717, 1.165) is 0 Å². The Kier molecular flexibility index (Phi) is 1.09. The number of carbonyl (C=O) groups excluding carboxylic acids is 1. The van der Waals surface area contributed by atoms with Gasteiger partial charge in [0.05, 0.1) is 0 Å². The predicted molar refractivity (Wildman–Crippen MR) is 38.7 cm³/mol. The van der Waals surface area contributed by atoms with Crippen molar-refractivity contribution in [2.75, 3.05) is 0 Å². The largest absolute Gasteiger partial charge is 0.370 e. The summed E-state index contributed by atoms with van der Waals surface area (Å²) >= 11 is 0. The van der Waals surface area contributed by atoms with Crippen LogP contribution in [0.25, 0.3) is 0 Å². The maximum absolute atomic E-state index is 11.1. The number of hydrogen-bond acceptors (Lipinski definition) is 5. The molecule has 0 saturated heterocycles. The highest BCUT2D eigenvalue weighted by molar-refractivity contribution is 6.06. The number of aliphatic imine (C=N–C) groups is 1. The monoisotopic (exact) mass is 153 g/mol. The minimum absolute atomic E-state index is 0.147. The lowest BCUT2D eigenvalue weighted by molar-refractivity contribution is -0.122. The summed E-state index contributed by atoms with van der Waals surface area (Å²) < 4.78 is 0. The zero-order valence-electron chi connectivity index (χ0n) is 5.61. The molecular weight excluding hydrogens is 146 g/mol. The molecule has 2 heterocycles. The molecule has 0 fully saturated rings. The predicted octanol–water partition coefficient (Wildman–Crippen LogP) is -2.04.